The minimum absolute atomic E-state index is 0.204. The average molecular weight is 293 g/mol. The molecule has 0 aliphatic heterocycles. The van der Waals surface area contributed by atoms with Crippen LogP contribution in [0, 0.1) is 5.82 Å². The molecule has 2 nitrogen and oxygen atoms in total. The molecule has 0 amide bonds. The molecule has 0 radical (unpaired) electrons. The first-order valence-electron chi connectivity index (χ1n) is 6.48. The highest BCUT2D eigenvalue weighted by Gasteiger charge is 2.05. The van der Waals surface area contributed by atoms with Crippen molar-refractivity contribution in [2.45, 2.75) is 13.1 Å². The molecule has 0 saturated carbocycles. The van der Waals surface area contributed by atoms with Crippen molar-refractivity contribution in [2.24, 2.45) is 0 Å². The molecular formula is C16H18ClFN2. The predicted octanol–water partition coefficient (Wildman–Crippen LogP) is 3.83. The summed E-state index contributed by atoms with van der Waals surface area (Å²) in [6.07, 6.45) is 0. The Labute approximate surface area is 124 Å². The normalized spacial score (nSPS) is 10.6. The number of nitrogens with one attached hydrogen (secondary N) is 1. The van der Waals surface area contributed by atoms with E-state index in [0.29, 0.717) is 18.8 Å². The smallest absolute Gasteiger partial charge is 0.146 e. The largest absolute Gasteiger partial charge is 0.375 e. The van der Waals surface area contributed by atoms with Crippen LogP contribution in [0.15, 0.2) is 42.5 Å². The Morgan fingerprint density at radius 1 is 1.10 bits per heavy atom. The molecule has 0 heterocycles. The first kappa shape index (κ1) is 14.8. The Balaban J connectivity index is 1.98. The van der Waals surface area contributed by atoms with Crippen LogP contribution in [0.3, 0.4) is 0 Å². The van der Waals surface area contributed by atoms with Crippen LogP contribution in [-0.2, 0) is 13.1 Å². The van der Waals surface area contributed by atoms with E-state index in [1.165, 1.54) is 6.07 Å². The molecule has 2 rings (SSSR count). The zero-order chi connectivity index (χ0) is 14.5. The van der Waals surface area contributed by atoms with Gasteiger partial charge in [-0.15, -0.1) is 0 Å². The fourth-order valence-corrected chi connectivity index (χ4v) is 2.20. The van der Waals surface area contributed by atoms with E-state index in [2.05, 4.69) is 5.32 Å². The lowest BCUT2D eigenvalue weighted by atomic mass is 10.1. The van der Waals surface area contributed by atoms with Crippen LogP contribution in [0.2, 0.25) is 5.02 Å². The summed E-state index contributed by atoms with van der Waals surface area (Å²) in [5, 5.41) is 4.08. The summed E-state index contributed by atoms with van der Waals surface area (Å²) in [5.41, 5.74) is 2.70. The van der Waals surface area contributed by atoms with Gasteiger partial charge < -0.3 is 10.2 Å². The molecule has 0 bridgehead atoms. The Kier molecular flexibility index (Phi) is 4.99. The van der Waals surface area contributed by atoms with Crippen molar-refractivity contribution in [2.75, 3.05) is 19.0 Å². The second-order valence-electron chi connectivity index (χ2n) is 4.88. The molecule has 0 fully saturated rings. The number of nitrogens with zero attached hydrogens (tertiary/aromatic N) is 1. The third-order valence-electron chi connectivity index (χ3n) is 3.09. The molecule has 0 aliphatic carbocycles. The standard InChI is InChI=1S/C16H18ClFN2/c1-20(2)16-9-12(7-8-15(16)18)10-19-11-13-5-3-4-6-14(13)17/h3-9,19H,10-11H2,1-2H3. The highest BCUT2D eigenvalue weighted by Crippen LogP contribution is 2.19. The summed E-state index contributed by atoms with van der Waals surface area (Å²) in [6.45, 7) is 1.36. The van der Waals surface area contributed by atoms with Gasteiger partial charge >= 0.3 is 0 Å². The van der Waals surface area contributed by atoms with E-state index in [1.54, 1.807) is 11.0 Å². The third kappa shape index (κ3) is 3.71. The second kappa shape index (κ2) is 6.73. The molecule has 0 atom stereocenters. The molecule has 20 heavy (non-hydrogen) atoms. The van der Waals surface area contributed by atoms with Crippen molar-refractivity contribution < 1.29 is 4.39 Å². The van der Waals surface area contributed by atoms with Gasteiger partial charge in [0.25, 0.3) is 0 Å². The zero-order valence-electron chi connectivity index (χ0n) is 11.7. The van der Waals surface area contributed by atoms with E-state index in [9.17, 15) is 4.39 Å². The van der Waals surface area contributed by atoms with Crippen LogP contribution < -0.4 is 10.2 Å². The summed E-state index contributed by atoms with van der Waals surface area (Å²) in [5.74, 6) is -0.204. The van der Waals surface area contributed by atoms with Crippen molar-refractivity contribution in [3.05, 3.63) is 64.4 Å². The highest BCUT2D eigenvalue weighted by molar-refractivity contribution is 6.31. The Morgan fingerprint density at radius 2 is 1.85 bits per heavy atom. The molecule has 2 aromatic rings. The fraction of sp³-hybridized carbons (Fsp3) is 0.250. The predicted molar refractivity (Wildman–Crippen MR) is 82.7 cm³/mol. The SMILES string of the molecule is CN(C)c1cc(CNCc2ccccc2Cl)ccc1F. The monoisotopic (exact) mass is 292 g/mol. The molecule has 0 aliphatic rings. The van der Waals surface area contributed by atoms with E-state index in [-0.39, 0.29) is 5.82 Å². The molecule has 4 heteroatoms. The van der Waals surface area contributed by atoms with Gasteiger partial charge in [-0.3, -0.25) is 0 Å². The molecule has 2 aromatic carbocycles. The average Bonchev–Trinajstić information content (AvgIpc) is 2.42. The maximum Gasteiger partial charge on any atom is 0.146 e. The van der Waals surface area contributed by atoms with Gasteiger partial charge in [-0.25, -0.2) is 4.39 Å². The zero-order valence-corrected chi connectivity index (χ0v) is 12.4. The number of rotatable bonds is 5. The Bertz CT molecular complexity index is 584. The summed E-state index contributed by atoms with van der Waals surface area (Å²) in [7, 11) is 3.67. The van der Waals surface area contributed by atoms with Crippen molar-refractivity contribution in [1.82, 2.24) is 5.32 Å². The Hall–Kier alpha value is -1.58. The number of halogens is 2. The first-order chi connectivity index (χ1) is 9.58. The van der Waals surface area contributed by atoms with Gasteiger partial charge in [0.05, 0.1) is 5.69 Å². The van der Waals surface area contributed by atoms with Crippen molar-refractivity contribution in [1.29, 1.82) is 0 Å². The van der Waals surface area contributed by atoms with Crippen LogP contribution in [0.1, 0.15) is 11.1 Å². The van der Waals surface area contributed by atoms with E-state index >= 15 is 0 Å². The number of anilines is 1. The maximum absolute atomic E-state index is 13.6. The minimum Gasteiger partial charge on any atom is -0.375 e. The molecule has 0 aromatic heterocycles. The van der Waals surface area contributed by atoms with Gasteiger partial charge in [-0.05, 0) is 29.3 Å². The highest BCUT2D eigenvalue weighted by atomic mass is 35.5. The molecule has 0 spiro atoms. The summed E-state index contributed by atoms with van der Waals surface area (Å²) in [4.78, 5) is 1.77. The van der Waals surface area contributed by atoms with Gasteiger partial charge in [0, 0.05) is 32.2 Å². The molecule has 106 valence electrons. The number of benzene rings is 2. The molecule has 0 saturated heterocycles. The number of hydrogen-bond acceptors (Lipinski definition) is 2. The lowest BCUT2D eigenvalue weighted by Gasteiger charge is -2.15. The van der Waals surface area contributed by atoms with E-state index in [0.717, 1.165) is 16.1 Å². The van der Waals surface area contributed by atoms with Gasteiger partial charge in [-0.1, -0.05) is 35.9 Å². The van der Waals surface area contributed by atoms with Crippen molar-refractivity contribution >= 4 is 17.3 Å². The van der Waals surface area contributed by atoms with Gasteiger partial charge in [0.15, 0.2) is 0 Å². The Morgan fingerprint density at radius 3 is 2.55 bits per heavy atom. The fourth-order valence-electron chi connectivity index (χ4n) is 1.99. The lowest BCUT2D eigenvalue weighted by Crippen LogP contribution is -2.15. The van der Waals surface area contributed by atoms with Crippen molar-refractivity contribution in [3.63, 3.8) is 0 Å². The lowest BCUT2D eigenvalue weighted by molar-refractivity contribution is 0.623. The van der Waals surface area contributed by atoms with Crippen molar-refractivity contribution in [3.8, 4) is 0 Å². The molecule has 0 unspecified atom stereocenters. The minimum atomic E-state index is -0.204. The van der Waals surface area contributed by atoms with Crippen LogP contribution in [0.5, 0.6) is 0 Å². The van der Waals surface area contributed by atoms with Crippen LogP contribution in [0.4, 0.5) is 10.1 Å². The van der Waals surface area contributed by atoms with Gasteiger partial charge in [-0.2, -0.15) is 0 Å². The topological polar surface area (TPSA) is 15.3 Å². The van der Waals surface area contributed by atoms with Crippen LogP contribution in [-0.4, -0.2) is 14.1 Å². The van der Waals surface area contributed by atoms with Gasteiger partial charge in [0.1, 0.15) is 5.82 Å². The van der Waals surface area contributed by atoms with Crippen LogP contribution in [0.25, 0.3) is 0 Å². The summed E-state index contributed by atoms with van der Waals surface area (Å²) >= 11 is 6.10. The number of hydrogen-bond donors (Lipinski definition) is 1. The molecular weight excluding hydrogens is 275 g/mol. The van der Waals surface area contributed by atoms with E-state index < -0.39 is 0 Å². The summed E-state index contributed by atoms with van der Waals surface area (Å²) in [6, 6.07) is 12.9. The van der Waals surface area contributed by atoms with Gasteiger partial charge in [0.2, 0.25) is 0 Å². The van der Waals surface area contributed by atoms with E-state index in [1.807, 2.05) is 44.4 Å². The third-order valence-corrected chi connectivity index (χ3v) is 3.46. The van der Waals surface area contributed by atoms with Crippen LogP contribution >= 0.6 is 11.6 Å². The summed E-state index contributed by atoms with van der Waals surface area (Å²) < 4.78 is 13.6. The maximum atomic E-state index is 13.6. The molecule has 1 N–H and O–H groups in total. The second-order valence-corrected chi connectivity index (χ2v) is 5.28. The quantitative estimate of drug-likeness (QED) is 0.901. The van der Waals surface area contributed by atoms with E-state index in [4.69, 9.17) is 11.6 Å². The first-order valence-corrected chi connectivity index (χ1v) is 6.85.